The quantitative estimate of drug-likeness (QED) is 0.901. The molecule has 0 amide bonds. The second-order valence-electron chi connectivity index (χ2n) is 3.69. The fraction of sp³-hybridized carbons (Fsp3) is 0.500. The van der Waals surface area contributed by atoms with E-state index < -0.39 is 5.67 Å². The molecule has 1 aliphatic carbocycles. The Morgan fingerprint density at radius 2 is 2.36 bits per heavy atom. The van der Waals surface area contributed by atoms with Crippen LogP contribution in [-0.2, 0) is 0 Å². The van der Waals surface area contributed by atoms with E-state index >= 15 is 0 Å². The third-order valence-electron chi connectivity index (χ3n) is 2.58. The van der Waals surface area contributed by atoms with E-state index in [-0.39, 0.29) is 0 Å². The normalized spacial score (nSPS) is 18.7. The van der Waals surface area contributed by atoms with E-state index in [0.717, 1.165) is 16.7 Å². The number of aromatic nitrogens is 1. The molecule has 1 heterocycles. The van der Waals surface area contributed by atoms with Crippen LogP contribution in [0.2, 0.25) is 0 Å². The van der Waals surface area contributed by atoms with Gasteiger partial charge in [0.05, 0.1) is 11.0 Å². The first-order valence-corrected chi connectivity index (χ1v) is 5.52. The van der Waals surface area contributed by atoms with Crippen LogP contribution in [0.15, 0.2) is 22.8 Å². The minimum Gasteiger partial charge on any atom is -0.366 e. The van der Waals surface area contributed by atoms with Gasteiger partial charge >= 0.3 is 0 Å². The van der Waals surface area contributed by atoms with Gasteiger partial charge in [0, 0.05) is 6.20 Å². The number of pyridine rings is 1. The molecule has 0 aromatic carbocycles. The van der Waals surface area contributed by atoms with Crippen LogP contribution in [0, 0.1) is 0 Å². The average molecular weight is 259 g/mol. The molecule has 1 saturated carbocycles. The van der Waals surface area contributed by atoms with Crippen LogP contribution in [-0.4, -0.2) is 17.2 Å². The van der Waals surface area contributed by atoms with Gasteiger partial charge in [-0.2, -0.15) is 0 Å². The minimum absolute atomic E-state index is 0.364. The Kier molecular flexibility index (Phi) is 2.72. The Morgan fingerprint density at radius 1 is 1.57 bits per heavy atom. The zero-order valence-corrected chi connectivity index (χ0v) is 9.35. The molecule has 0 unspecified atom stereocenters. The van der Waals surface area contributed by atoms with Gasteiger partial charge in [-0.1, -0.05) is 0 Å². The van der Waals surface area contributed by atoms with Gasteiger partial charge in [-0.15, -0.1) is 0 Å². The topological polar surface area (TPSA) is 24.9 Å². The van der Waals surface area contributed by atoms with Crippen molar-refractivity contribution < 1.29 is 4.39 Å². The summed E-state index contributed by atoms with van der Waals surface area (Å²) in [6, 6.07) is 3.73. The molecule has 0 bridgehead atoms. The van der Waals surface area contributed by atoms with Crippen LogP contribution < -0.4 is 5.32 Å². The number of hydrogen-bond donors (Lipinski definition) is 1. The van der Waals surface area contributed by atoms with Gasteiger partial charge in [-0.3, -0.25) is 0 Å². The minimum atomic E-state index is -1.00. The Bertz CT molecular complexity index is 326. The molecule has 0 radical (unpaired) electrons. The molecule has 14 heavy (non-hydrogen) atoms. The predicted octanol–water partition coefficient (Wildman–Crippen LogP) is 3.15. The summed E-state index contributed by atoms with van der Waals surface area (Å²) in [5.41, 5.74) is -1.00. The molecule has 2 nitrogen and oxygen atoms in total. The van der Waals surface area contributed by atoms with Crippen LogP contribution in [0.25, 0.3) is 0 Å². The molecule has 0 atom stereocenters. The van der Waals surface area contributed by atoms with Gasteiger partial charge in [-0.25, -0.2) is 9.37 Å². The zero-order chi connectivity index (χ0) is 10.0. The molecular formula is C10H12BrFN2. The molecule has 76 valence electrons. The van der Waals surface area contributed by atoms with Crippen molar-refractivity contribution in [1.82, 2.24) is 4.98 Å². The highest BCUT2D eigenvalue weighted by molar-refractivity contribution is 9.10. The van der Waals surface area contributed by atoms with Gasteiger partial charge < -0.3 is 5.32 Å². The lowest BCUT2D eigenvalue weighted by Crippen LogP contribution is -2.39. The summed E-state index contributed by atoms with van der Waals surface area (Å²) in [5.74, 6) is 0.719. The summed E-state index contributed by atoms with van der Waals surface area (Å²) in [7, 11) is 0. The summed E-state index contributed by atoms with van der Waals surface area (Å²) < 4.78 is 14.5. The third-order valence-corrected chi connectivity index (χ3v) is 3.22. The number of hydrogen-bond acceptors (Lipinski definition) is 2. The number of alkyl halides is 1. The third kappa shape index (κ3) is 2.05. The first kappa shape index (κ1) is 9.90. The Labute approximate surface area is 91.1 Å². The van der Waals surface area contributed by atoms with Crippen molar-refractivity contribution >= 4 is 21.7 Å². The summed E-state index contributed by atoms with van der Waals surface area (Å²) in [4.78, 5) is 4.12. The van der Waals surface area contributed by atoms with E-state index in [1.807, 2.05) is 12.1 Å². The first-order valence-electron chi connectivity index (χ1n) is 4.73. The molecule has 1 fully saturated rings. The lowest BCUT2D eigenvalue weighted by atomic mass is 9.82. The van der Waals surface area contributed by atoms with Crippen LogP contribution in [0.3, 0.4) is 0 Å². The summed E-state index contributed by atoms with van der Waals surface area (Å²) >= 11 is 3.36. The molecule has 2 rings (SSSR count). The van der Waals surface area contributed by atoms with Gasteiger partial charge in [-0.05, 0) is 47.3 Å². The molecule has 0 spiro atoms. The lowest BCUT2D eigenvalue weighted by molar-refractivity contribution is 0.0783. The van der Waals surface area contributed by atoms with Gasteiger partial charge in [0.25, 0.3) is 0 Å². The van der Waals surface area contributed by atoms with Crippen molar-refractivity contribution in [3.05, 3.63) is 22.8 Å². The maximum absolute atomic E-state index is 13.6. The van der Waals surface area contributed by atoms with Crippen LogP contribution in [0.4, 0.5) is 10.2 Å². The van der Waals surface area contributed by atoms with E-state index in [1.165, 1.54) is 0 Å². The van der Waals surface area contributed by atoms with Crippen molar-refractivity contribution in [2.24, 2.45) is 0 Å². The Hall–Kier alpha value is -0.640. The fourth-order valence-electron chi connectivity index (χ4n) is 1.50. The zero-order valence-electron chi connectivity index (χ0n) is 7.76. The van der Waals surface area contributed by atoms with Gasteiger partial charge in [0.1, 0.15) is 11.5 Å². The van der Waals surface area contributed by atoms with Gasteiger partial charge in [0.15, 0.2) is 0 Å². The van der Waals surface area contributed by atoms with Crippen molar-refractivity contribution in [3.63, 3.8) is 0 Å². The molecule has 0 aliphatic heterocycles. The number of nitrogens with zero attached hydrogens (tertiary/aromatic N) is 1. The number of anilines is 1. The van der Waals surface area contributed by atoms with Crippen molar-refractivity contribution in [3.8, 4) is 0 Å². The molecule has 1 aliphatic rings. The summed E-state index contributed by atoms with van der Waals surface area (Å²) in [6.45, 7) is 0.364. The van der Waals surface area contributed by atoms with Crippen molar-refractivity contribution in [1.29, 1.82) is 0 Å². The van der Waals surface area contributed by atoms with E-state index in [9.17, 15) is 4.39 Å². The van der Waals surface area contributed by atoms with Gasteiger partial charge in [0.2, 0.25) is 0 Å². The van der Waals surface area contributed by atoms with Crippen molar-refractivity contribution in [2.45, 2.75) is 24.9 Å². The molecule has 1 N–H and O–H groups in total. The predicted molar refractivity (Wildman–Crippen MR) is 58.1 cm³/mol. The monoisotopic (exact) mass is 258 g/mol. The van der Waals surface area contributed by atoms with E-state index in [2.05, 4.69) is 26.2 Å². The number of nitrogens with one attached hydrogen (secondary N) is 1. The van der Waals surface area contributed by atoms with E-state index in [1.54, 1.807) is 6.20 Å². The Balaban J connectivity index is 1.95. The molecule has 1 aromatic rings. The molecule has 4 heteroatoms. The Morgan fingerprint density at radius 3 is 2.93 bits per heavy atom. The second kappa shape index (κ2) is 3.85. The maximum atomic E-state index is 13.6. The standard InChI is InChI=1S/C10H12BrFN2/c11-8-3-1-6-13-9(8)14-7-10(12)4-2-5-10/h1,3,6H,2,4-5,7H2,(H,13,14). The van der Waals surface area contributed by atoms with Crippen LogP contribution >= 0.6 is 15.9 Å². The smallest absolute Gasteiger partial charge is 0.140 e. The van der Waals surface area contributed by atoms with Crippen molar-refractivity contribution in [2.75, 3.05) is 11.9 Å². The molecular weight excluding hydrogens is 247 g/mol. The molecule has 0 saturated heterocycles. The SMILES string of the molecule is FC1(CNc2ncccc2Br)CCC1. The van der Waals surface area contributed by atoms with Crippen LogP contribution in [0.5, 0.6) is 0 Å². The van der Waals surface area contributed by atoms with Crippen LogP contribution in [0.1, 0.15) is 19.3 Å². The average Bonchev–Trinajstić information content (AvgIpc) is 2.14. The first-order chi connectivity index (χ1) is 6.70. The highest BCUT2D eigenvalue weighted by Gasteiger charge is 2.36. The fourth-order valence-corrected chi connectivity index (χ4v) is 1.89. The highest BCUT2D eigenvalue weighted by atomic mass is 79.9. The van der Waals surface area contributed by atoms with E-state index in [0.29, 0.717) is 19.4 Å². The summed E-state index contributed by atoms with van der Waals surface area (Å²) in [6.07, 6.45) is 4.04. The lowest BCUT2D eigenvalue weighted by Gasteiger charge is -2.33. The second-order valence-corrected chi connectivity index (χ2v) is 4.55. The highest BCUT2D eigenvalue weighted by Crippen LogP contribution is 2.36. The summed E-state index contributed by atoms with van der Waals surface area (Å²) in [5, 5.41) is 3.02. The largest absolute Gasteiger partial charge is 0.366 e. The maximum Gasteiger partial charge on any atom is 0.140 e. The number of rotatable bonds is 3. The van der Waals surface area contributed by atoms with E-state index in [4.69, 9.17) is 0 Å². The molecule has 1 aromatic heterocycles. The number of halogens is 2.